The molecule has 4 amide bonds. The number of Topliss-reactive ketones (excluding diaryl/α,β-unsaturated/α-hetero) is 1. The largest absolute Gasteiger partial charge is 0.466 e. The second-order valence-electron chi connectivity index (χ2n) is 11.2. The van der Waals surface area contributed by atoms with Crippen LogP contribution in [0.2, 0.25) is 0 Å². The zero-order chi connectivity index (χ0) is 29.9. The Morgan fingerprint density at radius 3 is 2.32 bits per heavy atom. The number of aryl methyl sites for hydroxylation is 2. The molecule has 2 N–H and O–H groups in total. The number of benzene rings is 2. The molecule has 0 aliphatic carbocycles. The molecule has 0 bridgehead atoms. The Bertz CT molecular complexity index is 1380. The number of imide groups is 1. The SMILES string of the molecule is COC(=O)C1=C(C)NC(=O)N(C(=O)NCC[N+]2(C)CCC(C(=O)c3ccc(I)cc3)CC2)C1c1ccc(C)c(C)c1. The molecule has 2 aliphatic heterocycles. The van der Waals surface area contributed by atoms with Gasteiger partial charge in [-0.25, -0.2) is 19.3 Å². The number of methoxy groups -OCH3 is 1. The molecule has 9 nitrogen and oxygen atoms in total. The zero-order valence-electron chi connectivity index (χ0n) is 24.3. The Kier molecular flexibility index (Phi) is 9.53. The third kappa shape index (κ3) is 6.81. The maximum Gasteiger partial charge on any atom is 0.337 e. The van der Waals surface area contributed by atoms with Crippen LogP contribution < -0.4 is 10.6 Å². The van der Waals surface area contributed by atoms with Gasteiger partial charge < -0.3 is 19.9 Å². The number of piperidine rings is 1. The van der Waals surface area contributed by atoms with Crippen molar-refractivity contribution in [2.24, 2.45) is 5.92 Å². The van der Waals surface area contributed by atoms with E-state index in [0.29, 0.717) is 24.4 Å². The number of nitrogens with one attached hydrogen (secondary N) is 2. The van der Waals surface area contributed by atoms with Gasteiger partial charge in [0.05, 0.1) is 45.9 Å². The van der Waals surface area contributed by atoms with E-state index < -0.39 is 24.1 Å². The number of likely N-dealkylation sites (N-methyl/N-ethyl adjacent to an activating group) is 1. The molecule has 2 heterocycles. The number of esters is 1. The number of halogens is 1. The van der Waals surface area contributed by atoms with Crippen LogP contribution in [0.1, 0.15) is 52.9 Å². The molecule has 0 aromatic heterocycles. The summed E-state index contributed by atoms with van der Waals surface area (Å²) in [6.45, 7) is 8.18. The molecular weight excluding hydrogens is 635 g/mol. The Balaban J connectivity index is 1.43. The molecule has 4 rings (SSSR count). The minimum atomic E-state index is -0.928. The van der Waals surface area contributed by atoms with Crippen LogP contribution in [0.15, 0.2) is 53.7 Å². The van der Waals surface area contributed by atoms with E-state index in [1.165, 1.54) is 7.11 Å². The summed E-state index contributed by atoms with van der Waals surface area (Å²) in [7, 11) is 3.41. The fourth-order valence-corrected chi connectivity index (χ4v) is 5.98. The van der Waals surface area contributed by atoms with Crippen molar-refractivity contribution in [2.75, 3.05) is 40.3 Å². The minimum absolute atomic E-state index is 0.00149. The molecular formula is C31H38IN4O5+. The predicted octanol–water partition coefficient (Wildman–Crippen LogP) is 4.87. The van der Waals surface area contributed by atoms with Crippen LogP contribution in [-0.2, 0) is 9.53 Å². The normalized spacial score (nSPS) is 22.7. The highest BCUT2D eigenvalue weighted by atomic mass is 127. The number of carbonyl (C=O) groups excluding carboxylic acids is 4. The van der Waals surface area contributed by atoms with Crippen LogP contribution in [0, 0.1) is 23.3 Å². The van der Waals surface area contributed by atoms with Crippen LogP contribution in [-0.4, -0.2) is 73.5 Å². The van der Waals surface area contributed by atoms with E-state index in [2.05, 4.69) is 40.3 Å². The molecule has 1 saturated heterocycles. The molecule has 1 atom stereocenters. The molecule has 41 heavy (non-hydrogen) atoms. The second kappa shape index (κ2) is 12.7. The maximum atomic E-state index is 13.5. The average molecular weight is 674 g/mol. The summed E-state index contributed by atoms with van der Waals surface area (Å²) in [5.74, 6) is -0.415. The lowest BCUT2D eigenvalue weighted by Gasteiger charge is -2.40. The number of hydrogen-bond acceptors (Lipinski definition) is 5. The van der Waals surface area contributed by atoms with E-state index in [4.69, 9.17) is 4.74 Å². The smallest absolute Gasteiger partial charge is 0.337 e. The standard InChI is InChI=1S/C31H37IN4O5/c1-19-6-7-24(18-20(19)2)27-26(29(38)41-5)21(3)34-31(40)35(27)30(39)33-14-17-36(4)15-12-23(13-16-36)28(37)22-8-10-25(32)11-9-22/h6-11,18,23,27H,12-17H2,1-5H3,(H-,33,34,38,39,40)/p+1. The van der Waals surface area contributed by atoms with Crippen LogP contribution in [0.5, 0.6) is 0 Å². The van der Waals surface area contributed by atoms with Crippen LogP contribution in [0.3, 0.4) is 0 Å². The van der Waals surface area contributed by atoms with Gasteiger partial charge in [0.25, 0.3) is 0 Å². The van der Waals surface area contributed by atoms with Gasteiger partial charge in [-0.2, -0.15) is 0 Å². The first-order chi connectivity index (χ1) is 19.4. The van der Waals surface area contributed by atoms with Gasteiger partial charge in [0.2, 0.25) is 0 Å². The van der Waals surface area contributed by atoms with E-state index in [1.54, 1.807) is 6.92 Å². The van der Waals surface area contributed by atoms with Gasteiger partial charge in [0.15, 0.2) is 5.78 Å². The van der Waals surface area contributed by atoms with E-state index in [9.17, 15) is 19.2 Å². The Morgan fingerprint density at radius 1 is 1.05 bits per heavy atom. The maximum absolute atomic E-state index is 13.5. The summed E-state index contributed by atoms with van der Waals surface area (Å²) >= 11 is 2.23. The summed E-state index contributed by atoms with van der Waals surface area (Å²) < 4.78 is 6.85. The van der Waals surface area contributed by atoms with E-state index in [1.807, 2.05) is 56.3 Å². The van der Waals surface area contributed by atoms with Gasteiger partial charge in [-0.3, -0.25) is 4.79 Å². The van der Waals surface area contributed by atoms with Crippen molar-refractivity contribution in [1.82, 2.24) is 15.5 Å². The third-order valence-electron chi connectivity index (χ3n) is 8.38. The van der Waals surface area contributed by atoms with E-state index in [-0.39, 0.29) is 17.3 Å². The predicted molar refractivity (Wildman–Crippen MR) is 164 cm³/mol. The van der Waals surface area contributed by atoms with Crippen molar-refractivity contribution in [2.45, 2.75) is 39.7 Å². The number of ether oxygens (including phenoxy) is 1. The second-order valence-corrected chi connectivity index (χ2v) is 12.5. The molecule has 2 aromatic carbocycles. The number of nitrogens with zero attached hydrogens (tertiary/aromatic N) is 2. The van der Waals surface area contributed by atoms with Gasteiger partial charge in [-0.15, -0.1) is 0 Å². The highest BCUT2D eigenvalue weighted by molar-refractivity contribution is 14.1. The number of ketones is 1. The number of quaternary nitrogens is 1. The van der Waals surface area contributed by atoms with Crippen molar-refractivity contribution < 1.29 is 28.4 Å². The van der Waals surface area contributed by atoms with E-state index in [0.717, 1.165) is 55.6 Å². The van der Waals surface area contributed by atoms with Crippen molar-refractivity contribution in [3.8, 4) is 0 Å². The molecule has 1 fully saturated rings. The number of carbonyl (C=O) groups is 4. The first kappa shape index (κ1) is 30.7. The number of hydrogen-bond donors (Lipinski definition) is 2. The molecule has 2 aromatic rings. The van der Waals surface area contributed by atoms with Gasteiger partial charge in [0, 0.05) is 33.6 Å². The molecule has 0 spiro atoms. The molecule has 0 saturated carbocycles. The lowest BCUT2D eigenvalue weighted by molar-refractivity contribution is -0.913. The fraction of sp³-hybridized carbons (Fsp3) is 0.419. The Labute approximate surface area is 255 Å². The highest BCUT2D eigenvalue weighted by Gasteiger charge is 2.42. The summed E-state index contributed by atoms with van der Waals surface area (Å²) in [5.41, 5.74) is 4.02. The summed E-state index contributed by atoms with van der Waals surface area (Å²) in [6, 6.07) is 11.2. The summed E-state index contributed by atoms with van der Waals surface area (Å²) in [6.07, 6.45) is 1.57. The number of allylic oxidation sites excluding steroid dienone is 1. The molecule has 2 aliphatic rings. The van der Waals surface area contributed by atoms with Gasteiger partial charge in [0.1, 0.15) is 6.04 Å². The van der Waals surface area contributed by atoms with Crippen molar-refractivity contribution in [3.63, 3.8) is 0 Å². The van der Waals surface area contributed by atoms with Crippen molar-refractivity contribution in [1.29, 1.82) is 0 Å². The fourth-order valence-electron chi connectivity index (χ4n) is 5.62. The van der Waals surface area contributed by atoms with Gasteiger partial charge in [-0.05, 0) is 72.2 Å². The number of urea groups is 2. The quantitative estimate of drug-likeness (QED) is 0.189. The highest BCUT2D eigenvalue weighted by Crippen LogP contribution is 2.35. The monoisotopic (exact) mass is 673 g/mol. The molecule has 218 valence electrons. The minimum Gasteiger partial charge on any atom is -0.466 e. The topological polar surface area (TPSA) is 105 Å². The third-order valence-corrected chi connectivity index (χ3v) is 9.10. The van der Waals surface area contributed by atoms with Crippen LogP contribution in [0.25, 0.3) is 0 Å². The first-order valence-electron chi connectivity index (χ1n) is 13.8. The van der Waals surface area contributed by atoms with Crippen LogP contribution >= 0.6 is 22.6 Å². The van der Waals surface area contributed by atoms with E-state index >= 15 is 0 Å². The Morgan fingerprint density at radius 2 is 1.71 bits per heavy atom. The summed E-state index contributed by atoms with van der Waals surface area (Å²) in [5, 5.41) is 5.56. The number of rotatable bonds is 7. The van der Waals surface area contributed by atoms with Gasteiger partial charge in [-0.1, -0.05) is 30.3 Å². The number of amides is 4. The van der Waals surface area contributed by atoms with Gasteiger partial charge >= 0.3 is 18.0 Å². The molecule has 0 radical (unpaired) electrons. The molecule has 10 heteroatoms. The average Bonchev–Trinajstić information content (AvgIpc) is 2.94. The zero-order valence-corrected chi connectivity index (χ0v) is 26.4. The summed E-state index contributed by atoms with van der Waals surface area (Å²) in [4.78, 5) is 53.5. The van der Waals surface area contributed by atoms with Crippen LogP contribution in [0.4, 0.5) is 9.59 Å². The lowest BCUT2D eigenvalue weighted by atomic mass is 9.88. The van der Waals surface area contributed by atoms with Crippen molar-refractivity contribution in [3.05, 3.63) is 79.6 Å². The number of likely N-dealkylation sites (tertiary alicyclic amines) is 1. The molecule has 1 unspecified atom stereocenters. The van der Waals surface area contributed by atoms with Crippen molar-refractivity contribution >= 4 is 46.4 Å². The lowest BCUT2D eigenvalue weighted by Crippen LogP contribution is -2.57. The first-order valence-corrected chi connectivity index (χ1v) is 14.9. The Hall–Kier alpha value is -3.25.